The summed E-state index contributed by atoms with van der Waals surface area (Å²) in [6.45, 7) is 0. The molecule has 1 saturated heterocycles. The lowest BCUT2D eigenvalue weighted by Gasteiger charge is -2.48. The number of rotatable bonds is 4. The van der Waals surface area contributed by atoms with E-state index in [1.165, 1.54) is 34.2 Å². The summed E-state index contributed by atoms with van der Waals surface area (Å²) in [7, 11) is 0. The molecule has 1 unspecified atom stereocenters. The summed E-state index contributed by atoms with van der Waals surface area (Å²) in [4.78, 5) is 40.8. The maximum atomic E-state index is 12.0. The third-order valence-electron chi connectivity index (χ3n) is 3.30. The van der Waals surface area contributed by atoms with E-state index in [0.717, 1.165) is 11.8 Å². The predicted octanol–water partition coefficient (Wildman–Crippen LogP) is 0.598. The number of nitrogens with two attached hydrogens (primary N) is 1. The SMILES string of the molecule is NC1C(=O)N2C(C(=O)O)=C(CSC(=O)c3cncs3)CS[C@H]12. The normalized spacial score (nSPS) is 24.0. The molecule has 1 aromatic heterocycles. The molecule has 1 aromatic rings. The number of aromatic nitrogens is 1. The summed E-state index contributed by atoms with van der Waals surface area (Å²) in [6, 6.07) is -0.646. The van der Waals surface area contributed by atoms with Crippen LogP contribution >= 0.6 is 34.9 Å². The number of amides is 1. The van der Waals surface area contributed by atoms with Gasteiger partial charge in [-0.2, -0.15) is 0 Å². The minimum Gasteiger partial charge on any atom is -0.477 e. The van der Waals surface area contributed by atoms with Gasteiger partial charge in [0.05, 0.1) is 5.51 Å². The van der Waals surface area contributed by atoms with Gasteiger partial charge in [0.15, 0.2) is 0 Å². The van der Waals surface area contributed by atoms with E-state index < -0.39 is 12.0 Å². The molecular formula is C12H11N3O4S3. The van der Waals surface area contributed by atoms with Crippen LogP contribution in [0.25, 0.3) is 0 Å². The Hall–Kier alpha value is -1.36. The number of thioether (sulfide) groups is 2. The highest BCUT2D eigenvalue weighted by atomic mass is 32.2. The van der Waals surface area contributed by atoms with Crippen molar-refractivity contribution in [2.24, 2.45) is 5.73 Å². The number of thiazole rings is 1. The van der Waals surface area contributed by atoms with E-state index in [0.29, 0.717) is 16.2 Å². The largest absolute Gasteiger partial charge is 0.477 e. The van der Waals surface area contributed by atoms with E-state index in [4.69, 9.17) is 5.73 Å². The standard InChI is InChI=1S/C12H11N3O4S3/c13-7-9(16)15-8(11(17)18)5(2-20-10(7)15)3-21-12(19)6-1-14-4-22-6/h1,4,7,10H,2-3,13H2,(H,17,18)/t7?,10-/m1/s1. The molecule has 22 heavy (non-hydrogen) atoms. The smallest absolute Gasteiger partial charge is 0.352 e. The van der Waals surface area contributed by atoms with Gasteiger partial charge in [0.25, 0.3) is 0 Å². The van der Waals surface area contributed by atoms with Gasteiger partial charge in [0, 0.05) is 17.7 Å². The zero-order valence-corrected chi connectivity index (χ0v) is 13.5. The molecule has 3 rings (SSSR count). The van der Waals surface area contributed by atoms with Crippen LogP contribution in [0.2, 0.25) is 0 Å². The molecule has 1 amide bonds. The Kier molecular flexibility index (Phi) is 4.26. The highest BCUT2D eigenvalue weighted by Crippen LogP contribution is 2.40. The van der Waals surface area contributed by atoms with E-state index in [-0.39, 0.29) is 27.8 Å². The number of fused-ring (bicyclic) bond motifs is 1. The predicted molar refractivity (Wildman–Crippen MR) is 84.6 cm³/mol. The summed E-state index contributed by atoms with van der Waals surface area (Å²) in [6.07, 6.45) is 1.48. The second kappa shape index (κ2) is 6.03. The Labute approximate surface area is 137 Å². The van der Waals surface area contributed by atoms with Crippen molar-refractivity contribution in [2.75, 3.05) is 11.5 Å². The number of carboxylic acid groups (broad SMARTS) is 1. The first-order valence-electron chi connectivity index (χ1n) is 6.22. The first-order chi connectivity index (χ1) is 10.5. The molecule has 0 saturated carbocycles. The van der Waals surface area contributed by atoms with Gasteiger partial charge in [0.1, 0.15) is 22.0 Å². The summed E-state index contributed by atoms with van der Waals surface area (Å²) in [5.41, 5.74) is 7.78. The van der Waals surface area contributed by atoms with Gasteiger partial charge >= 0.3 is 5.97 Å². The summed E-state index contributed by atoms with van der Waals surface area (Å²) in [5.74, 6) is -0.860. The summed E-state index contributed by atoms with van der Waals surface area (Å²) in [5, 5.41) is 8.91. The number of aliphatic carboxylic acids is 1. The van der Waals surface area contributed by atoms with E-state index >= 15 is 0 Å². The fourth-order valence-electron chi connectivity index (χ4n) is 2.23. The molecule has 1 fully saturated rings. The van der Waals surface area contributed by atoms with Gasteiger partial charge in [-0.05, 0) is 5.57 Å². The first-order valence-corrected chi connectivity index (χ1v) is 9.13. The van der Waals surface area contributed by atoms with Crippen LogP contribution in [0.4, 0.5) is 0 Å². The highest BCUT2D eigenvalue weighted by Gasteiger charge is 2.51. The maximum absolute atomic E-state index is 12.0. The van der Waals surface area contributed by atoms with Gasteiger partial charge in [-0.25, -0.2) is 4.79 Å². The number of β-lactam (4-membered cyclic amide) rings is 1. The molecule has 0 bridgehead atoms. The number of nitrogens with zero attached hydrogens (tertiary/aromatic N) is 2. The first kappa shape index (κ1) is 15.5. The molecule has 2 aliphatic rings. The Morgan fingerprint density at radius 1 is 1.55 bits per heavy atom. The maximum Gasteiger partial charge on any atom is 0.352 e. The third kappa shape index (κ3) is 2.56. The number of carboxylic acids is 1. The molecule has 116 valence electrons. The van der Waals surface area contributed by atoms with Crippen molar-refractivity contribution in [1.82, 2.24) is 9.88 Å². The zero-order chi connectivity index (χ0) is 15.9. The lowest BCUT2D eigenvalue weighted by atomic mass is 10.0. The van der Waals surface area contributed by atoms with E-state index in [9.17, 15) is 19.5 Å². The second-order valence-corrected chi connectivity index (χ2v) is 7.57. The quantitative estimate of drug-likeness (QED) is 0.753. The topological polar surface area (TPSA) is 114 Å². The van der Waals surface area contributed by atoms with Crippen molar-refractivity contribution < 1.29 is 19.5 Å². The average Bonchev–Trinajstić information content (AvgIpc) is 3.05. The monoisotopic (exact) mass is 357 g/mol. The van der Waals surface area contributed by atoms with Crippen LogP contribution < -0.4 is 5.73 Å². The number of hydrogen-bond acceptors (Lipinski definition) is 8. The van der Waals surface area contributed by atoms with E-state index in [1.54, 1.807) is 5.51 Å². The van der Waals surface area contributed by atoms with Crippen LogP contribution in [0.5, 0.6) is 0 Å². The van der Waals surface area contributed by atoms with Crippen LogP contribution in [0.15, 0.2) is 23.0 Å². The van der Waals surface area contributed by atoms with Gasteiger partial charge in [-0.3, -0.25) is 19.5 Å². The van der Waals surface area contributed by atoms with Gasteiger partial charge in [-0.15, -0.1) is 23.1 Å². The van der Waals surface area contributed by atoms with Crippen LogP contribution in [0.1, 0.15) is 9.67 Å². The summed E-state index contributed by atoms with van der Waals surface area (Å²) < 4.78 is 0. The third-order valence-corrected chi connectivity index (χ3v) is 6.54. The second-order valence-electron chi connectivity index (χ2n) is 4.63. The molecule has 2 atom stereocenters. The van der Waals surface area contributed by atoms with Gasteiger partial charge < -0.3 is 10.8 Å². The minimum absolute atomic E-state index is 0.0277. The highest BCUT2D eigenvalue weighted by molar-refractivity contribution is 8.14. The lowest BCUT2D eigenvalue weighted by molar-refractivity contribution is -0.147. The fraction of sp³-hybridized carbons (Fsp3) is 0.333. The van der Waals surface area contributed by atoms with Crippen molar-refractivity contribution >= 4 is 51.9 Å². The lowest BCUT2D eigenvalue weighted by Crippen LogP contribution is -2.68. The Bertz CT molecular complexity index is 673. The molecule has 0 radical (unpaired) electrons. The minimum atomic E-state index is -1.16. The van der Waals surface area contributed by atoms with Crippen molar-refractivity contribution in [1.29, 1.82) is 0 Å². The Morgan fingerprint density at radius 3 is 2.95 bits per heavy atom. The average molecular weight is 357 g/mol. The molecule has 7 nitrogen and oxygen atoms in total. The summed E-state index contributed by atoms with van der Waals surface area (Å²) >= 11 is 3.68. The molecule has 10 heteroatoms. The van der Waals surface area contributed by atoms with Gasteiger partial charge in [0.2, 0.25) is 11.0 Å². The van der Waals surface area contributed by atoms with Crippen molar-refractivity contribution in [3.8, 4) is 0 Å². The Balaban J connectivity index is 1.77. The number of carbonyl (C=O) groups excluding carboxylic acids is 2. The van der Waals surface area contributed by atoms with Crippen LogP contribution in [-0.4, -0.2) is 54.9 Å². The number of hydrogen-bond donors (Lipinski definition) is 2. The van der Waals surface area contributed by atoms with Crippen LogP contribution in [0, 0.1) is 0 Å². The molecular weight excluding hydrogens is 346 g/mol. The fourth-order valence-corrected chi connectivity index (χ4v) is 5.17. The molecule has 3 heterocycles. The molecule has 0 aliphatic carbocycles. The van der Waals surface area contributed by atoms with Crippen molar-refractivity contribution in [3.63, 3.8) is 0 Å². The van der Waals surface area contributed by atoms with E-state index in [1.807, 2.05) is 0 Å². The van der Waals surface area contributed by atoms with Crippen molar-refractivity contribution in [2.45, 2.75) is 11.4 Å². The molecule has 3 N–H and O–H groups in total. The zero-order valence-electron chi connectivity index (χ0n) is 11.1. The van der Waals surface area contributed by atoms with E-state index in [2.05, 4.69) is 4.98 Å². The van der Waals surface area contributed by atoms with Gasteiger partial charge in [-0.1, -0.05) is 11.8 Å². The Morgan fingerprint density at radius 2 is 2.32 bits per heavy atom. The van der Waals surface area contributed by atoms with Crippen molar-refractivity contribution in [3.05, 3.63) is 27.9 Å². The molecule has 0 spiro atoms. The number of carbonyl (C=O) groups is 3. The molecule has 2 aliphatic heterocycles. The molecule has 0 aromatic carbocycles. The van der Waals surface area contributed by atoms with Crippen LogP contribution in [0.3, 0.4) is 0 Å². The van der Waals surface area contributed by atoms with Crippen LogP contribution in [-0.2, 0) is 9.59 Å².